The van der Waals surface area contributed by atoms with Crippen molar-refractivity contribution >= 4 is 35.8 Å². The standard InChI is InChI=1S/C12H16N2O11/c15-7(16)1-13(2-8(17)18)5-11(23)25-12(24)6-14(3-9(19)20)4-10(21)22/h1-6H2,(H,15,16)(H,17,18)(H,19,20)(H,21,22). The summed E-state index contributed by atoms with van der Waals surface area (Å²) in [5.74, 6) is -8.16. The van der Waals surface area contributed by atoms with Crippen LogP contribution in [-0.2, 0) is 33.5 Å². The van der Waals surface area contributed by atoms with Crippen LogP contribution in [0.1, 0.15) is 0 Å². The van der Waals surface area contributed by atoms with Gasteiger partial charge < -0.3 is 25.2 Å². The van der Waals surface area contributed by atoms with Crippen molar-refractivity contribution < 1.29 is 53.9 Å². The van der Waals surface area contributed by atoms with Crippen LogP contribution in [0.15, 0.2) is 0 Å². The number of hydrogen-bond acceptors (Lipinski definition) is 9. The summed E-state index contributed by atoms with van der Waals surface area (Å²) in [6.45, 7) is -4.80. The van der Waals surface area contributed by atoms with Gasteiger partial charge in [0.05, 0.1) is 39.3 Å². The van der Waals surface area contributed by atoms with Crippen LogP contribution in [-0.4, -0.2) is 105 Å². The molecule has 0 amide bonds. The zero-order valence-electron chi connectivity index (χ0n) is 12.8. The van der Waals surface area contributed by atoms with Gasteiger partial charge in [-0.2, -0.15) is 0 Å². The van der Waals surface area contributed by atoms with E-state index in [1.165, 1.54) is 0 Å². The van der Waals surface area contributed by atoms with Gasteiger partial charge in [-0.1, -0.05) is 0 Å². The summed E-state index contributed by atoms with van der Waals surface area (Å²) >= 11 is 0. The van der Waals surface area contributed by atoms with Crippen molar-refractivity contribution in [2.75, 3.05) is 39.3 Å². The topological polar surface area (TPSA) is 199 Å². The quantitative estimate of drug-likeness (QED) is 0.202. The average molecular weight is 364 g/mol. The summed E-state index contributed by atoms with van der Waals surface area (Å²) in [5, 5.41) is 34.4. The largest absolute Gasteiger partial charge is 0.480 e. The molecule has 25 heavy (non-hydrogen) atoms. The molecular weight excluding hydrogens is 348 g/mol. The second-order valence-corrected chi connectivity index (χ2v) is 4.71. The molecule has 0 unspecified atom stereocenters. The van der Waals surface area contributed by atoms with E-state index in [1.807, 2.05) is 0 Å². The van der Waals surface area contributed by atoms with E-state index in [0.29, 0.717) is 9.80 Å². The van der Waals surface area contributed by atoms with Crippen molar-refractivity contribution in [2.45, 2.75) is 0 Å². The Kier molecular flexibility index (Phi) is 9.36. The van der Waals surface area contributed by atoms with E-state index < -0.39 is 75.1 Å². The average Bonchev–Trinajstić information content (AvgIpc) is 2.33. The summed E-state index contributed by atoms with van der Waals surface area (Å²) in [6, 6.07) is 0. The summed E-state index contributed by atoms with van der Waals surface area (Å²) in [4.78, 5) is 66.7. The van der Waals surface area contributed by atoms with Crippen LogP contribution in [0.3, 0.4) is 0 Å². The molecule has 0 heterocycles. The van der Waals surface area contributed by atoms with E-state index >= 15 is 0 Å². The fraction of sp³-hybridized carbons (Fsp3) is 0.500. The zero-order chi connectivity index (χ0) is 19.6. The molecular formula is C12H16N2O11. The monoisotopic (exact) mass is 364 g/mol. The maximum absolute atomic E-state index is 11.5. The van der Waals surface area contributed by atoms with Crippen LogP contribution in [0.5, 0.6) is 0 Å². The fourth-order valence-corrected chi connectivity index (χ4v) is 1.66. The van der Waals surface area contributed by atoms with Gasteiger partial charge in [0.25, 0.3) is 0 Å². The number of ether oxygens (including phenoxy) is 1. The van der Waals surface area contributed by atoms with Crippen molar-refractivity contribution in [1.82, 2.24) is 9.80 Å². The predicted molar refractivity (Wildman–Crippen MR) is 74.5 cm³/mol. The van der Waals surface area contributed by atoms with Crippen LogP contribution in [0.25, 0.3) is 0 Å². The Morgan fingerprint density at radius 1 is 0.520 bits per heavy atom. The molecule has 0 aromatic carbocycles. The number of carbonyl (C=O) groups excluding carboxylic acids is 2. The predicted octanol–water partition coefficient (Wildman–Crippen LogP) is -3.00. The molecule has 0 atom stereocenters. The fourth-order valence-electron chi connectivity index (χ4n) is 1.66. The van der Waals surface area contributed by atoms with Gasteiger partial charge in [0, 0.05) is 0 Å². The van der Waals surface area contributed by atoms with Crippen LogP contribution in [0.4, 0.5) is 0 Å². The number of aliphatic carboxylic acids is 4. The summed E-state index contributed by atoms with van der Waals surface area (Å²) in [6.07, 6.45) is 0. The first-order chi connectivity index (χ1) is 11.5. The normalized spacial score (nSPS) is 10.5. The molecule has 0 saturated carbocycles. The van der Waals surface area contributed by atoms with Crippen LogP contribution >= 0.6 is 0 Å². The number of carboxylic acids is 4. The maximum atomic E-state index is 11.5. The van der Waals surface area contributed by atoms with Crippen molar-refractivity contribution in [1.29, 1.82) is 0 Å². The lowest BCUT2D eigenvalue weighted by Crippen LogP contribution is -2.42. The second kappa shape index (κ2) is 10.7. The number of esters is 2. The molecule has 0 aliphatic carbocycles. The lowest BCUT2D eigenvalue weighted by atomic mass is 10.4. The summed E-state index contributed by atoms with van der Waals surface area (Å²) < 4.78 is 4.30. The SMILES string of the molecule is O=C(O)CN(CC(=O)O)CC(=O)OC(=O)CN(CC(=O)O)CC(=O)O. The maximum Gasteiger partial charge on any atom is 0.327 e. The Morgan fingerprint density at radius 3 is 0.960 bits per heavy atom. The number of carboxylic acid groups (broad SMARTS) is 4. The molecule has 0 rings (SSSR count). The van der Waals surface area contributed by atoms with Gasteiger partial charge in [0.1, 0.15) is 0 Å². The van der Waals surface area contributed by atoms with Crippen LogP contribution in [0, 0.1) is 0 Å². The lowest BCUT2D eigenvalue weighted by Gasteiger charge is -2.18. The molecule has 0 fully saturated rings. The lowest BCUT2D eigenvalue weighted by molar-refractivity contribution is -0.161. The Labute approximate surface area is 140 Å². The van der Waals surface area contributed by atoms with Gasteiger partial charge in [-0.3, -0.25) is 38.6 Å². The highest BCUT2D eigenvalue weighted by Crippen LogP contribution is 1.95. The van der Waals surface area contributed by atoms with Crippen molar-refractivity contribution in [3.8, 4) is 0 Å². The Balaban J connectivity index is 4.65. The van der Waals surface area contributed by atoms with Gasteiger partial charge in [-0.15, -0.1) is 0 Å². The Bertz CT molecular complexity index is 479. The van der Waals surface area contributed by atoms with E-state index in [0.717, 1.165) is 0 Å². The van der Waals surface area contributed by atoms with Crippen molar-refractivity contribution in [3.05, 3.63) is 0 Å². The minimum atomic E-state index is -1.41. The molecule has 0 saturated heterocycles. The second-order valence-electron chi connectivity index (χ2n) is 4.71. The molecule has 0 aliphatic rings. The van der Waals surface area contributed by atoms with Crippen LogP contribution in [0.2, 0.25) is 0 Å². The molecule has 4 N–H and O–H groups in total. The van der Waals surface area contributed by atoms with E-state index in [2.05, 4.69) is 4.74 Å². The number of nitrogens with zero attached hydrogens (tertiary/aromatic N) is 2. The third-order valence-corrected chi connectivity index (χ3v) is 2.37. The summed E-state index contributed by atoms with van der Waals surface area (Å²) in [7, 11) is 0. The van der Waals surface area contributed by atoms with E-state index in [-0.39, 0.29) is 0 Å². The van der Waals surface area contributed by atoms with Gasteiger partial charge >= 0.3 is 35.8 Å². The third kappa shape index (κ3) is 12.1. The molecule has 140 valence electrons. The molecule has 13 heteroatoms. The highest BCUT2D eigenvalue weighted by atomic mass is 16.6. The first-order valence-corrected chi connectivity index (χ1v) is 6.55. The highest BCUT2D eigenvalue weighted by Gasteiger charge is 2.22. The van der Waals surface area contributed by atoms with E-state index in [4.69, 9.17) is 20.4 Å². The van der Waals surface area contributed by atoms with Gasteiger partial charge in [-0.25, -0.2) is 0 Å². The van der Waals surface area contributed by atoms with Crippen LogP contribution < -0.4 is 0 Å². The molecule has 0 bridgehead atoms. The Hall–Kier alpha value is -3.06. The minimum absolute atomic E-state index is 0.687. The first kappa shape index (κ1) is 21.9. The molecule has 0 aliphatic heterocycles. The minimum Gasteiger partial charge on any atom is -0.480 e. The third-order valence-electron chi connectivity index (χ3n) is 2.37. The van der Waals surface area contributed by atoms with Crippen molar-refractivity contribution in [2.24, 2.45) is 0 Å². The van der Waals surface area contributed by atoms with Gasteiger partial charge in [0.15, 0.2) is 0 Å². The summed E-state index contributed by atoms with van der Waals surface area (Å²) in [5.41, 5.74) is 0. The highest BCUT2D eigenvalue weighted by molar-refractivity contribution is 5.88. The number of hydrogen-bond donors (Lipinski definition) is 4. The van der Waals surface area contributed by atoms with E-state index in [9.17, 15) is 28.8 Å². The first-order valence-electron chi connectivity index (χ1n) is 6.55. The molecule has 0 radical (unpaired) electrons. The molecule has 13 nitrogen and oxygen atoms in total. The van der Waals surface area contributed by atoms with E-state index in [1.54, 1.807) is 0 Å². The van der Waals surface area contributed by atoms with Crippen molar-refractivity contribution in [3.63, 3.8) is 0 Å². The Morgan fingerprint density at radius 2 is 0.760 bits per heavy atom. The van der Waals surface area contributed by atoms with Gasteiger partial charge in [-0.05, 0) is 0 Å². The van der Waals surface area contributed by atoms with Gasteiger partial charge in [0.2, 0.25) is 0 Å². The zero-order valence-corrected chi connectivity index (χ0v) is 12.8. The molecule has 0 aromatic heterocycles. The molecule has 0 spiro atoms. The smallest absolute Gasteiger partial charge is 0.327 e. The number of rotatable bonds is 12. The molecule has 0 aromatic rings. The number of carbonyl (C=O) groups is 6.